The minimum atomic E-state index is 0.0239. The molecule has 1 aromatic heterocycles. The maximum atomic E-state index is 13.0. The van der Waals surface area contributed by atoms with E-state index in [2.05, 4.69) is 10.6 Å². The van der Waals surface area contributed by atoms with Gasteiger partial charge in [0.05, 0.1) is 31.4 Å². The number of carbonyl (C=O) groups excluding carboxylic acids is 1. The molecule has 1 aliphatic rings. The summed E-state index contributed by atoms with van der Waals surface area (Å²) in [6.45, 7) is 4.51. The minimum Gasteiger partial charge on any atom is -0.497 e. The van der Waals surface area contributed by atoms with E-state index in [9.17, 15) is 4.79 Å². The van der Waals surface area contributed by atoms with Crippen LogP contribution in [0.5, 0.6) is 17.2 Å². The molecule has 7 nitrogen and oxygen atoms in total. The summed E-state index contributed by atoms with van der Waals surface area (Å²) < 4.78 is 19.0. The van der Waals surface area contributed by atoms with Crippen LogP contribution >= 0.6 is 0 Å². The Kier molecular flexibility index (Phi) is 7.07. The number of rotatable bonds is 10. The molecule has 36 heavy (non-hydrogen) atoms. The monoisotopic (exact) mass is 485 g/mol. The number of imidazole rings is 1. The van der Waals surface area contributed by atoms with Gasteiger partial charge in [0.15, 0.2) is 0 Å². The number of anilines is 1. The number of methoxy groups -OCH3 is 1. The van der Waals surface area contributed by atoms with Gasteiger partial charge in [-0.25, -0.2) is 4.98 Å². The lowest BCUT2D eigenvalue weighted by molar-refractivity contribution is -0.117. The third kappa shape index (κ3) is 5.00. The lowest BCUT2D eigenvalue weighted by atomic mass is 10.1. The highest BCUT2D eigenvalue weighted by atomic mass is 16.5. The highest BCUT2D eigenvalue weighted by molar-refractivity contribution is 5.96. The van der Waals surface area contributed by atoms with E-state index in [1.165, 1.54) is 0 Å². The summed E-state index contributed by atoms with van der Waals surface area (Å²) in [4.78, 5) is 19.8. The molecule has 1 atom stereocenters. The normalized spacial score (nSPS) is 15.4. The quantitative estimate of drug-likeness (QED) is 0.280. The molecule has 3 aromatic carbocycles. The Bertz CT molecular complexity index is 1330. The lowest BCUT2D eigenvalue weighted by Crippen LogP contribution is -2.24. The molecule has 1 aliphatic heterocycles. The van der Waals surface area contributed by atoms with E-state index in [4.69, 9.17) is 19.2 Å². The Morgan fingerprint density at radius 1 is 0.944 bits per heavy atom. The Balaban J connectivity index is 1.31. The Hall–Kier alpha value is -4.00. The maximum absolute atomic E-state index is 13.0. The van der Waals surface area contributed by atoms with Gasteiger partial charge < -0.3 is 23.7 Å². The van der Waals surface area contributed by atoms with Crippen molar-refractivity contribution in [2.24, 2.45) is 0 Å². The lowest BCUT2D eigenvalue weighted by Gasteiger charge is -2.18. The molecule has 2 heterocycles. The Labute approximate surface area is 211 Å². The molecule has 0 radical (unpaired) electrons. The number of para-hydroxylation sites is 2. The molecule has 4 aromatic rings. The molecule has 1 unspecified atom stereocenters. The number of hydrogen-bond acceptors (Lipinski definition) is 5. The van der Waals surface area contributed by atoms with Crippen LogP contribution in [0.3, 0.4) is 0 Å². The van der Waals surface area contributed by atoms with E-state index in [0.717, 1.165) is 52.8 Å². The van der Waals surface area contributed by atoms with Gasteiger partial charge >= 0.3 is 0 Å². The first-order valence-electron chi connectivity index (χ1n) is 12.4. The second kappa shape index (κ2) is 10.7. The maximum Gasteiger partial charge on any atom is 0.227 e. The first-order chi connectivity index (χ1) is 17.7. The van der Waals surface area contributed by atoms with Crippen molar-refractivity contribution in [1.82, 2.24) is 9.55 Å². The number of carbonyl (C=O) groups is 1. The zero-order chi connectivity index (χ0) is 24.9. The molecule has 5 rings (SSSR count). The van der Waals surface area contributed by atoms with Gasteiger partial charge in [0.2, 0.25) is 5.91 Å². The fourth-order valence-corrected chi connectivity index (χ4v) is 4.76. The molecular formula is C29H31N3O4. The second-order valence-electron chi connectivity index (χ2n) is 8.82. The van der Waals surface area contributed by atoms with Crippen LogP contribution in [-0.2, 0) is 11.3 Å². The van der Waals surface area contributed by atoms with Crippen molar-refractivity contribution in [1.29, 1.82) is 0 Å². The third-order valence-corrected chi connectivity index (χ3v) is 6.47. The van der Waals surface area contributed by atoms with Crippen molar-refractivity contribution in [3.8, 4) is 17.2 Å². The molecule has 7 heteroatoms. The van der Waals surface area contributed by atoms with Gasteiger partial charge in [0, 0.05) is 37.2 Å². The van der Waals surface area contributed by atoms with Crippen LogP contribution in [0.25, 0.3) is 11.0 Å². The van der Waals surface area contributed by atoms with Crippen molar-refractivity contribution >= 4 is 22.6 Å². The van der Waals surface area contributed by atoms with Gasteiger partial charge in [-0.2, -0.15) is 0 Å². The molecule has 0 N–H and O–H groups in total. The van der Waals surface area contributed by atoms with E-state index >= 15 is 0 Å². The fraction of sp³-hybridized carbons (Fsp3) is 0.310. The first kappa shape index (κ1) is 23.7. The molecule has 1 fully saturated rings. The Morgan fingerprint density at radius 3 is 2.56 bits per heavy atom. The summed E-state index contributed by atoms with van der Waals surface area (Å²) in [5.74, 6) is 3.47. The van der Waals surface area contributed by atoms with Crippen LogP contribution in [0, 0.1) is 0 Å². The minimum absolute atomic E-state index is 0.0239. The van der Waals surface area contributed by atoms with Crippen molar-refractivity contribution in [2.45, 2.75) is 32.2 Å². The van der Waals surface area contributed by atoms with Crippen LogP contribution in [0.2, 0.25) is 0 Å². The number of ether oxygens (including phenoxy) is 3. The van der Waals surface area contributed by atoms with Gasteiger partial charge in [0.25, 0.3) is 0 Å². The molecule has 0 spiro atoms. The van der Waals surface area contributed by atoms with Gasteiger partial charge in [-0.3, -0.25) is 4.79 Å². The summed E-state index contributed by atoms with van der Waals surface area (Å²) in [5.41, 5.74) is 2.93. The highest BCUT2D eigenvalue weighted by Crippen LogP contribution is 2.34. The first-order valence-corrected chi connectivity index (χ1v) is 12.4. The van der Waals surface area contributed by atoms with Gasteiger partial charge in [-0.1, -0.05) is 18.2 Å². The van der Waals surface area contributed by atoms with Crippen LogP contribution in [0.15, 0.2) is 72.8 Å². The zero-order valence-electron chi connectivity index (χ0n) is 20.7. The Morgan fingerprint density at radius 2 is 1.75 bits per heavy atom. The smallest absolute Gasteiger partial charge is 0.227 e. The molecule has 1 saturated heterocycles. The number of hydrogen-bond donors (Lipinski definition) is 0. The summed E-state index contributed by atoms with van der Waals surface area (Å²) in [5, 5.41) is 0. The number of aryl methyl sites for hydroxylation is 1. The molecule has 0 aliphatic carbocycles. The van der Waals surface area contributed by atoms with Gasteiger partial charge in [0.1, 0.15) is 23.1 Å². The molecular weight excluding hydrogens is 454 g/mol. The fourth-order valence-electron chi connectivity index (χ4n) is 4.76. The molecule has 0 bridgehead atoms. The van der Waals surface area contributed by atoms with Crippen LogP contribution < -0.4 is 19.1 Å². The van der Waals surface area contributed by atoms with E-state index in [1.54, 1.807) is 7.11 Å². The number of benzene rings is 3. The van der Waals surface area contributed by atoms with E-state index < -0.39 is 0 Å². The summed E-state index contributed by atoms with van der Waals surface area (Å²) in [7, 11) is 1.65. The van der Waals surface area contributed by atoms with Gasteiger partial charge in [-0.15, -0.1) is 0 Å². The van der Waals surface area contributed by atoms with Gasteiger partial charge in [-0.05, 0) is 61.9 Å². The van der Waals surface area contributed by atoms with Crippen molar-refractivity contribution in [3.63, 3.8) is 0 Å². The van der Waals surface area contributed by atoms with E-state index in [0.29, 0.717) is 26.2 Å². The van der Waals surface area contributed by atoms with E-state index in [1.807, 2.05) is 78.6 Å². The van der Waals surface area contributed by atoms with E-state index in [-0.39, 0.29) is 11.8 Å². The molecule has 1 amide bonds. The predicted octanol–water partition coefficient (Wildman–Crippen LogP) is 5.43. The standard InChI is InChI=1S/C29H31N3O4/c1-3-35-23-14-12-22(13-15-23)32-20-21(18-28(32)33)29-30-26-10-4-5-11-27(26)31(29)16-7-17-36-25-9-6-8-24(19-25)34-2/h4-6,8-15,19,21H,3,7,16-18,20H2,1-2H3. The average molecular weight is 486 g/mol. The number of fused-ring (bicyclic) bond motifs is 1. The molecule has 0 saturated carbocycles. The topological polar surface area (TPSA) is 65.8 Å². The second-order valence-corrected chi connectivity index (χ2v) is 8.82. The third-order valence-electron chi connectivity index (χ3n) is 6.47. The van der Waals surface area contributed by atoms with Crippen molar-refractivity contribution in [2.75, 3.05) is 31.8 Å². The summed E-state index contributed by atoms with van der Waals surface area (Å²) in [6.07, 6.45) is 1.25. The average Bonchev–Trinajstić information content (AvgIpc) is 3.48. The predicted molar refractivity (Wildman–Crippen MR) is 140 cm³/mol. The highest BCUT2D eigenvalue weighted by Gasteiger charge is 2.34. The number of amides is 1. The largest absolute Gasteiger partial charge is 0.497 e. The summed E-state index contributed by atoms with van der Waals surface area (Å²) >= 11 is 0. The number of aromatic nitrogens is 2. The summed E-state index contributed by atoms with van der Waals surface area (Å²) in [6, 6.07) is 23.5. The molecule has 186 valence electrons. The van der Waals surface area contributed by atoms with Crippen molar-refractivity contribution in [3.05, 3.63) is 78.6 Å². The van der Waals surface area contributed by atoms with Crippen LogP contribution in [-0.4, -0.2) is 42.3 Å². The number of nitrogens with zero attached hydrogens (tertiary/aromatic N) is 3. The van der Waals surface area contributed by atoms with Crippen molar-refractivity contribution < 1.29 is 19.0 Å². The zero-order valence-corrected chi connectivity index (χ0v) is 20.7. The van der Waals surface area contributed by atoms with Crippen LogP contribution in [0.4, 0.5) is 5.69 Å². The SMILES string of the molecule is CCOc1ccc(N2CC(c3nc4ccccc4n3CCCOc3cccc(OC)c3)CC2=O)cc1. The van der Waals surface area contributed by atoms with Crippen LogP contribution in [0.1, 0.15) is 31.5 Å².